The monoisotopic (exact) mass is 209 g/mol. The Morgan fingerprint density at radius 3 is 2.53 bits per heavy atom. The van der Waals surface area contributed by atoms with E-state index < -0.39 is 0 Å². The zero-order valence-electron chi connectivity index (χ0n) is 9.16. The summed E-state index contributed by atoms with van der Waals surface area (Å²) in [5, 5.41) is 3.96. The van der Waals surface area contributed by atoms with Crippen molar-refractivity contribution >= 4 is 5.71 Å². The maximum absolute atomic E-state index is 12.7. The summed E-state index contributed by atoms with van der Waals surface area (Å²) in [7, 11) is 1.52. The van der Waals surface area contributed by atoms with E-state index >= 15 is 0 Å². The van der Waals surface area contributed by atoms with Gasteiger partial charge in [0.1, 0.15) is 12.9 Å². The van der Waals surface area contributed by atoms with Crippen LogP contribution in [0.4, 0.5) is 4.39 Å². The van der Waals surface area contributed by atoms with E-state index in [9.17, 15) is 4.39 Å². The fourth-order valence-electron chi connectivity index (χ4n) is 1.34. The molecule has 0 N–H and O–H groups in total. The molecule has 0 radical (unpaired) electrons. The number of hydrogen-bond acceptors (Lipinski definition) is 2. The number of oxime groups is 1. The Balaban J connectivity index is 2.79. The van der Waals surface area contributed by atoms with Gasteiger partial charge >= 0.3 is 0 Å². The van der Waals surface area contributed by atoms with Crippen LogP contribution in [0.2, 0.25) is 0 Å². The summed E-state index contributed by atoms with van der Waals surface area (Å²) in [6, 6.07) is 6.32. The normalized spacial score (nSPS) is 11.5. The molecule has 0 saturated heterocycles. The van der Waals surface area contributed by atoms with Gasteiger partial charge in [0, 0.05) is 0 Å². The van der Waals surface area contributed by atoms with E-state index in [1.54, 1.807) is 12.1 Å². The predicted molar refractivity (Wildman–Crippen MR) is 59.5 cm³/mol. The van der Waals surface area contributed by atoms with Crippen LogP contribution in [0.5, 0.6) is 0 Å². The molecule has 0 bridgehead atoms. The van der Waals surface area contributed by atoms with Crippen molar-refractivity contribution < 1.29 is 9.23 Å². The lowest BCUT2D eigenvalue weighted by molar-refractivity contribution is 0.212. The van der Waals surface area contributed by atoms with Crippen LogP contribution in [-0.4, -0.2) is 12.8 Å². The summed E-state index contributed by atoms with van der Waals surface area (Å²) in [6.45, 7) is 2.12. The molecule has 0 spiro atoms. The van der Waals surface area contributed by atoms with E-state index in [0.29, 0.717) is 0 Å². The molecule has 0 aliphatic carbocycles. The molecule has 0 heterocycles. The summed E-state index contributed by atoms with van der Waals surface area (Å²) < 4.78 is 12.7. The maximum atomic E-state index is 12.7. The van der Waals surface area contributed by atoms with E-state index in [0.717, 1.165) is 30.5 Å². The van der Waals surface area contributed by atoms with Gasteiger partial charge in [-0.3, -0.25) is 0 Å². The molecule has 3 heteroatoms. The van der Waals surface area contributed by atoms with Crippen molar-refractivity contribution in [3.8, 4) is 0 Å². The summed E-state index contributed by atoms with van der Waals surface area (Å²) in [5.41, 5.74) is 1.80. The largest absolute Gasteiger partial charge is 0.399 e. The summed E-state index contributed by atoms with van der Waals surface area (Å²) in [6.07, 6.45) is 3.01. The first-order chi connectivity index (χ1) is 7.27. The lowest BCUT2D eigenvalue weighted by Crippen LogP contribution is -2.01. The zero-order valence-corrected chi connectivity index (χ0v) is 9.16. The fraction of sp³-hybridized carbons (Fsp3) is 0.417. The van der Waals surface area contributed by atoms with E-state index in [1.807, 2.05) is 0 Å². The summed E-state index contributed by atoms with van der Waals surface area (Å²) >= 11 is 0. The Hall–Kier alpha value is -1.38. The van der Waals surface area contributed by atoms with Crippen molar-refractivity contribution in [3.63, 3.8) is 0 Å². The highest BCUT2D eigenvalue weighted by atomic mass is 19.1. The van der Waals surface area contributed by atoms with E-state index in [4.69, 9.17) is 4.84 Å². The molecule has 0 aliphatic heterocycles. The fourth-order valence-corrected chi connectivity index (χ4v) is 1.34. The van der Waals surface area contributed by atoms with E-state index in [1.165, 1.54) is 19.2 Å². The molecule has 0 aliphatic rings. The minimum atomic E-state index is -0.231. The molecule has 0 fully saturated rings. The molecule has 15 heavy (non-hydrogen) atoms. The van der Waals surface area contributed by atoms with Crippen molar-refractivity contribution in [2.75, 3.05) is 7.11 Å². The van der Waals surface area contributed by atoms with Crippen LogP contribution in [0.15, 0.2) is 29.4 Å². The van der Waals surface area contributed by atoms with Gasteiger partial charge in [-0.2, -0.15) is 0 Å². The molecule has 0 saturated carbocycles. The Bertz CT molecular complexity index is 319. The molecule has 0 unspecified atom stereocenters. The third-order valence-corrected chi connectivity index (χ3v) is 2.15. The molecule has 0 amide bonds. The molecule has 2 nitrogen and oxygen atoms in total. The van der Waals surface area contributed by atoms with Crippen molar-refractivity contribution in [2.24, 2.45) is 5.16 Å². The predicted octanol–water partition coefficient (Wildman–Crippen LogP) is 3.37. The SMILES string of the molecule is CCCCC(=NOC)c1ccc(F)cc1. The zero-order chi connectivity index (χ0) is 11.1. The Morgan fingerprint density at radius 1 is 1.33 bits per heavy atom. The summed E-state index contributed by atoms with van der Waals surface area (Å²) in [5.74, 6) is -0.231. The van der Waals surface area contributed by atoms with Crippen LogP contribution in [0.3, 0.4) is 0 Å². The number of hydrogen-bond donors (Lipinski definition) is 0. The van der Waals surface area contributed by atoms with Gasteiger partial charge in [-0.15, -0.1) is 0 Å². The van der Waals surface area contributed by atoms with Gasteiger partial charge in [-0.1, -0.05) is 30.6 Å². The van der Waals surface area contributed by atoms with Crippen LogP contribution in [-0.2, 0) is 4.84 Å². The number of unbranched alkanes of at least 4 members (excludes halogenated alkanes) is 1. The molecule has 82 valence electrons. The first-order valence-electron chi connectivity index (χ1n) is 5.14. The van der Waals surface area contributed by atoms with Crippen molar-refractivity contribution in [1.29, 1.82) is 0 Å². The number of halogens is 1. The second-order valence-electron chi connectivity index (χ2n) is 3.33. The Labute approximate surface area is 89.7 Å². The smallest absolute Gasteiger partial charge is 0.123 e. The number of nitrogens with zero attached hydrogens (tertiary/aromatic N) is 1. The number of benzene rings is 1. The topological polar surface area (TPSA) is 21.6 Å². The third-order valence-electron chi connectivity index (χ3n) is 2.15. The average molecular weight is 209 g/mol. The molecule has 0 aromatic heterocycles. The van der Waals surface area contributed by atoms with Gasteiger partial charge in [0.15, 0.2) is 0 Å². The van der Waals surface area contributed by atoms with Gasteiger partial charge in [-0.05, 0) is 30.5 Å². The highest BCUT2D eigenvalue weighted by Crippen LogP contribution is 2.09. The third kappa shape index (κ3) is 3.70. The molecule has 1 aromatic carbocycles. The summed E-state index contributed by atoms with van der Waals surface area (Å²) in [4.78, 5) is 4.78. The minimum Gasteiger partial charge on any atom is -0.399 e. The van der Waals surface area contributed by atoms with Crippen LogP contribution < -0.4 is 0 Å². The molecule has 1 rings (SSSR count). The number of rotatable bonds is 5. The highest BCUT2D eigenvalue weighted by Gasteiger charge is 2.04. The van der Waals surface area contributed by atoms with Crippen LogP contribution >= 0.6 is 0 Å². The second kappa shape index (κ2) is 6.17. The van der Waals surface area contributed by atoms with E-state index in [-0.39, 0.29) is 5.82 Å². The molecular formula is C12H16FNO. The van der Waals surface area contributed by atoms with Crippen LogP contribution in [0.25, 0.3) is 0 Å². The first kappa shape index (κ1) is 11.7. The van der Waals surface area contributed by atoms with Gasteiger partial charge in [-0.25, -0.2) is 4.39 Å². The minimum absolute atomic E-state index is 0.231. The van der Waals surface area contributed by atoms with Crippen molar-refractivity contribution in [3.05, 3.63) is 35.6 Å². The quantitative estimate of drug-likeness (QED) is 0.538. The van der Waals surface area contributed by atoms with Gasteiger partial charge < -0.3 is 4.84 Å². The highest BCUT2D eigenvalue weighted by molar-refractivity contribution is 6.00. The maximum Gasteiger partial charge on any atom is 0.123 e. The van der Waals surface area contributed by atoms with Gasteiger partial charge in [0.05, 0.1) is 5.71 Å². The average Bonchev–Trinajstić information content (AvgIpc) is 2.25. The standard InChI is InChI=1S/C12H16FNO/c1-3-4-5-12(14-15-2)10-6-8-11(13)9-7-10/h6-9H,3-5H2,1-2H3. The lowest BCUT2D eigenvalue weighted by atomic mass is 10.1. The van der Waals surface area contributed by atoms with Gasteiger partial charge in [0.25, 0.3) is 0 Å². The van der Waals surface area contributed by atoms with Crippen molar-refractivity contribution in [1.82, 2.24) is 0 Å². The van der Waals surface area contributed by atoms with Crippen molar-refractivity contribution in [2.45, 2.75) is 26.2 Å². The molecule has 1 aromatic rings. The van der Waals surface area contributed by atoms with Crippen LogP contribution in [0, 0.1) is 5.82 Å². The first-order valence-corrected chi connectivity index (χ1v) is 5.14. The Kier molecular flexibility index (Phi) is 4.81. The Morgan fingerprint density at radius 2 is 2.00 bits per heavy atom. The molecular weight excluding hydrogens is 193 g/mol. The van der Waals surface area contributed by atoms with E-state index in [2.05, 4.69) is 12.1 Å². The molecule has 0 atom stereocenters. The van der Waals surface area contributed by atoms with Crippen LogP contribution in [0.1, 0.15) is 31.7 Å². The lowest BCUT2D eigenvalue weighted by Gasteiger charge is -2.04. The second-order valence-corrected chi connectivity index (χ2v) is 3.33. The van der Waals surface area contributed by atoms with Gasteiger partial charge in [0.2, 0.25) is 0 Å².